The summed E-state index contributed by atoms with van der Waals surface area (Å²) in [6, 6.07) is 5.01. The van der Waals surface area contributed by atoms with Crippen molar-refractivity contribution in [3.05, 3.63) is 24.0 Å². The van der Waals surface area contributed by atoms with E-state index in [1.165, 1.54) is 0 Å². The molecule has 0 aliphatic carbocycles. The summed E-state index contributed by atoms with van der Waals surface area (Å²) in [6.07, 6.45) is 1.93. The number of anilines is 1. The minimum atomic E-state index is 0.309. The quantitative estimate of drug-likeness (QED) is 0.820. The van der Waals surface area contributed by atoms with Crippen LogP contribution in [0.1, 0.15) is 32.5 Å². The molecule has 0 fully saturated rings. The molecule has 1 heterocycles. The Morgan fingerprint density at radius 2 is 1.93 bits per heavy atom. The predicted octanol–water partition coefficient (Wildman–Crippen LogP) is 2.21. The normalized spacial score (nSPS) is 12.9. The summed E-state index contributed by atoms with van der Waals surface area (Å²) in [4.78, 5) is 6.66. The van der Waals surface area contributed by atoms with Crippen LogP contribution in [0.2, 0.25) is 0 Å². The summed E-state index contributed by atoms with van der Waals surface area (Å²) in [5.74, 6) is 0. The summed E-state index contributed by atoms with van der Waals surface area (Å²) in [5, 5.41) is 3.18. The second kappa shape index (κ2) is 5.12. The lowest BCUT2D eigenvalue weighted by atomic mass is 10.2. The van der Waals surface area contributed by atoms with Gasteiger partial charge in [0.15, 0.2) is 0 Å². The Hall–Kier alpha value is -1.09. The third-order valence-corrected chi connectivity index (χ3v) is 2.83. The van der Waals surface area contributed by atoms with E-state index in [4.69, 9.17) is 0 Å². The number of hydrogen-bond donors (Lipinski definition) is 1. The highest BCUT2D eigenvalue weighted by Crippen LogP contribution is 2.16. The standard InChI is InChI=1S/C12H21N3/c1-9(2)15(5)11-6-7-12(14-8-11)10(3)13-4/h6-10,13H,1-5H3. The van der Waals surface area contributed by atoms with Gasteiger partial charge in [0.1, 0.15) is 0 Å². The van der Waals surface area contributed by atoms with Gasteiger partial charge in [0.05, 0.1) is 17.6 Å². The SMILES string of the molecule is CNC(C)c1ccc(N(C)C(C)C)cn1. The molecule has 0 aliphatic rings. The summed E-state index contributed by atoms with van der Waals surface area (Å²) >= 11 is 0. The van der Waals surface area contributed by atoms with Crippen molar-refractivity contribution in [3.63, 3.8) is 0 Å². The highest BCUT2D eigenvalue weighted by molar-refractivity contribution is 5.44. The Morgan fingerprint density at radius 3 is 2.33 bits per heavy atom. The molecule has 1 N–H and O–H groups in total. The van der Waals surface area contributed by atoms with Crippen LogP contribution >= 0.6 is 0 Å². The number of aromatic nitrogens is 1. The molecule has 0 radical (unpaired) electrons. The van der Waals surface area contributed by atoms with Crippen molar-refractivity contribution >= 4 is 5.69 Å². The molecule has 0 saturated heterocycles. The first-order valence-electron chi connectivity index (χ1n) is 5.42. The van der Waals surface area contributed by atoms with E-state index in [1.807, 2.05) is 13.2 Å². The molecule has 0 aliphatic heterocycles. The third-order valence-electron chi connectivity index (χ3n) is 2.83. The highest BCUT2D eigenvalue weighted by Gasteiger charge is 2.07. The van der Waals surface area contributed by atoms with E-state index in [2.05, 4.69) is 55.2 Å². The van der Waals surface area contributed by atoms with Gasteiger partial charge in [-0.2, -0.15) is 0 Å². The zero-order chi connectivity index (χ0) is 11.4. The van der Waals surface area contributed by atoms with Crippen LogP contribution in [0.5, 0.6) is 0 Å². The number of nitrogens with zero attached hydrogens (tertiary/aromatic N) is 2. The fourth-order valence-electron chi connectivity index (χ4n) is 1.31. The van der Waals surface area contributed by atoms with E-state index < -0.39 is 0 Å². The molecule has 0 spiro atoms. The highest BCUT2D eigenvalue weighted by atomic mass is 15.1. The Morgan fingerprint density at radius 1 is 1.27 bits per heavy atom. The lowest BCUT2D eigenvalue weighted by Crippen LogP contribution is -2.25. The fraction of sp³-hybridized carbons (Fsp3) is 0.583. The molecule has 0 bridgehead atoms. The monoisotopic (exact) mass is 207 g/mol. The zero-order valence-corrected chi connectivity index (χ0v) is 10.3. The largest absolute Gasteiger partial charge is 0.371 e. The zero-order valence-electron chi connectivity index (χ0n) is 10.3. The van der Waals surface area contributed by atoms with Gasteiger partial charge < -0.3 is 10.2 Å². The van der Waals surface area contributed by atoms with Gasteiger partial charge in [-0.05, 0) is 40.0 Å². The van der Waals surface area contributed by atoms with Crippen molar-refractivity contribution in [3.8, 4) is 0 Å². The third kappa shape index (κ3) is 2.93. The molecule has 0 saturated carbocycles. The molecule has 0 amide bonds. The van der Waals surface area contributed by atoms with Crippen LogP contribution < -0.4 is 10.2 Å². The first kappa shape index (κ1) is 12.0. The average Bonchev–Trinajstić information content (AvgIpc) is 2.27. The van der Waals surface area contributed by atoms with E-state index in [-0.39, 0.29) is 0 Å². The van der Waals surface area contributed by atoms with Crippen LogP contribution in [0.3, 0.4) is 0 Å². The van der Waals surface area contributed by atoms with E-state index in [1.54, 1.807) is 0 Å². The second-order valence-corrected chi connectivity index (χ2v) is 4.16. The van der Waals surface area contributed by atoms with Gasteiger partial charge in [-0.1, -0.05) is 0 Å². The minimum absolute atomic E-state index is 0.309. The Kier molecular flexibility index (Phi) is 4.09. The molecule has 1 aromatic heterocycles. The number of nitrogens with one attached hydrogen (secondary N) is 1. The van der Waals surface area contributed by atoms with Crippen molar-refractivity contribution in [1.82, 2.24) is 10.3 Å². The molecule has 0 aromatic carbocycles. The maximum absolute atomic E-state index is 4.45. The molecular formula is C12H21N3. The van der Waals surface area contributed by atoms with Gasteiger partial charge in [0.2, 0.25) is 0 Å². The van der Waals surface area contributed by atoms with Crippen LogP contribution in [0.25, 0.3) is 0 Å². The van der Waals surface area contributed by atoms with Crippen molar-refractivity contribution < 1.29 is 0 Å². The van der Waals surface area contributed by atoms with Gasteiger partial charge in [0, 0.05) is 19.1 Å². The maximum atomic E-state index is 4.45. The summed E-state index contributed by atoms with van der Waals surface area (Å²) in [5.41, 5.74) is 2.25. The van der Waals surface area contributed by atoms with Crippen molar-refractivity contribution in [1.29, 1.82) is 0 Å². The Labute approximate surface area is 92.5 Å². The lowest BCUT2D eigenvalue weighted by molar-refractivity contribution is 0.632. The van der Waals surface area contributed by atoms with Gasteiger partial charge in [-0.3, -0.25) is 4.98 Å². The van der Waals surface area contributed by atoms with Gasteiger partial charge in [0.25, 0.3) is 0 Å². The number of pyridine rings is 1. The van der Waals surface area contributed by atoms with Crippen LogP contribution in [-0.4, -0.2) is 25.1 Å². The molecule has 84 valence electrons. The fourth-order valence-corrected chi connectivity index (χ4v) is 1.31. The van der Waals surface area contributed by atoms with E-state index in [0.717, 1.165) is 11.4 Å². The number of rotatable bonds is 4. The van der Waals surface area contributed by atoms with Crippen LogP contribution in [0.15, 0.2) is 18.3 Å². The lowest BCUT2D eigenvalue weighted by Gasteiger charge is -2.23. The van der Waals surface area contributed by atoms with Crippen LogP contribution in [0, 0.1) is 0 Å². The van der Waals surface area contributed by atoms with Crippen LogP contribution in [0.4, 0.5) is 5.69 Å². The first-order valence-corrected chi connectivity index (χ1v) is 5.42. The van der Waals surface area contributed by atoms with E-state index in [0.29, 0.717) is 12.1 Å². The molecule has 3 nitrogen and oxygen atoms in total. The average molecular weight is 207 g/mol. The Balaban J connectivity index is 2.80. The topological polar surface area (TPSA) is 28.2 Å². The van der Waals surface area contributed by atoms with Gasteiger partial charge in [-0.25, -0.2) is 0 Å². The van der Waals surface area contributed by atoms with Crippen molar-refractivity contribution in [2.45, 2.75) is 32.9 Å². The summed E-state index contributed by atoms with van der Waals surface area (Å²) < 4.78 is 0. The summed E-state index contributed by atoms with van der Waals surface area (Å²) in [6.45, 7) is 6.45. The minimum Gasteiger partial charge on any atom is -0.371 e. The van der Waals surface area contributed by atoms with Crippen molar-refractivity contribution in [2.75, 3.05) is 19.0 Å². The predicted molar refractivity (Wildman–Crippen MR) is 65.3 cm³/mol. The smallest absolute Gasteiger partial charge is 0.0571 e. The van der Waals surface area contributed by atoms with Crippen LogP contribution in [-0.2, 0) is 0 Å². The van der Waals surface area contributed by atoms with Gasteiger partial charge >= 0.3 is 0 Å². The maximum Gasteiger partial charge on any atom is 0.0571 e. The second-order valence-electron chi connectivity index (χ2n) is 4.16. The molecule has 1 rings (SSSR count). The van der Waals surface area contributed by atoms with E-state index in [9.17, 15) is 0 Å². The molecule has 1 unspecified atom stereocenters. The molecule has 1 atom stereocenters. The van der Waals surface area contributed by atoms with Crippen molar-refractivity contribution in [2.24, 2.45) is 0 Å². The number of hydrogen-bond acceptors (Lipinski definition) is 3. The molecule has 3 heteroatoms. The molecule has 1 aromatic rings. The molecular weight excluding hydrogens is 186 g/mol. The first-order chi connectivity index (χ1) is 7.06. The summed E-state index contributed by atoms with van der Waals surface area (Å²) in [7, 11) is 4.03. The Bertz CT molecular complexity index is 292. The van der Waals surface area contributed by atoms with E-state index >= 15 is 0 Å². The van der Waals surface area contributed by atoms with Gasteiger partial charge in [-0.15, -0.1) is 0 Å². The molecule has 15 heavy (non-hydrogen) atoms.